The van der Waals surface area contributed by atoms with Crippen LogP contribution in [0, 0.1) is 0 Å². The van der Waals surface area contributed by atoms with Gasteiger partial charge in [-0.05, 0) is 11.6 Å². The minimum absolute atomic E-state index is 3.19. The van der Waals surface area contributed by atoms with Crippen molar-refractivity contribution in [2.45, 2.75) is 24.1 Å². The van der Waals surface area contributed by atoms with Crippen LogP contribution in [0.4, 0.5) is 17.6 Å². The van der Waals surface area contributed by atoms with Gasteiger partial charge in [0.25, 0.3) is 3.79 Å². The van der Waals surface area contributed by atoms with Gasteiger partial charge >= 0.3 is 16.6 Å². The summed E-state index contributed by atoms with van der Waals surface area (Å²) in [7, 11) is 0. The molecule has 110 valence electrons. The average Bonchev–Trinajstić information content (AvgIpc) is 1.96. The van der Waals surface area contributed by atoms with E-state index in [1.807, 2.05) is 0 Å². The van der Waals surface area contributed by atoms with Gasteiger partial charge in [-0.1, -0.05) is 81.2 Å². The van der Waals surface area contributed by atoms with E-state index in [0.29, 0.717) is 0 Å². The summed E-state index contributed by atoms with van der Waals surface area (Å²) < 4.78 is 49.8. The first kappa shape index (κ1) is 20.0. The van der Waals surface area contributed by atoms with E-state index in [1.165, 1.54) is 0 Å². The van der Waals surface area contributed by atoms with E-state index in [1.54, 1.807) is 0 Å². The molecule has 0 aliphatic carbocycles. The summed E-state index contributed by atoms with van der Waals surface area (Å²) in [5, 5.41) is -8.61. The largest absolute Gasteiger partial charge is 0.411 e. The van der Waals surface area contributed by atoms with Crippen molar-refractivity contribution >= 4 is 92.8 Å². The second-order valence-corrected chi connectivity index (χ2v) is 8.27. The lowest BCUT2D eigenvalue weighted by atomic mass is 10.4. The molecule has 2 atom stereocenters. The van der Waals surface area contributed by atoms with Crippen molar-refractivity contribution in [3.63, 3.8) is 0 Å². The first-order chi connectivity index (χ1) is 7.46. The van der Waals surface area contributed by atoms with Crippen molar-refractivity contribution in [3.8, 4) is 0 Å². The monoisotopic (exact) mass is 432 g/mol. The minimum atomic E-state index is -5.24. The molecule has 2 unspecified atom stereocenters. The predicted molar refractivity (Wildman–Crippen MR) is 66.0 cm³/mol. The van der Waals surface area contributed by atoms with E-state index in [2.05, 4.69) is 16.3 Å². The van der Waals surface area contributed by atoms with Crippen molar-refractivity contribution in [3.05, 3.63) is 0 Å². The molecule has 18 heavy (non-hydrogen) atoms. The third-order valence-corrected chi connectivity index (χ3v) is 4.26. The van der Waals surface area contributed by atoms with Gasteiger partial charge in [0.1, 0.15) is 0 Å². The molecule has 0 amide bonds. The Labute approximate surface area is 138 Å². The summed E-state index contributed by atoms with van der Waals surface area (Å²) in [5.74, 6) is 0. The van der Waals surface area contributed by atoms with Crippen LogP contribution in [0.15, 0.2) is 0 Å². The van der Waals surface area contributed by atoms with Gasteiger partial charge in [0.2, 0.25) is 3.79 Å². The van der Waals surface area contributed by atoms with Crippen LogP contribution in [0.3, 0.4) is 0 Å². The quantitative estimate of drug-likeness (QED) is 0.384. The summed E-state index contributed by atoms with van der Waals surface area (Å²) >= 11 is 38.6. The normalized spacial score (nSPS) is 21.3. The first-order valence-corrected chi connectivity index (χ1v) is 6.45. The zero-order valence-corrected chi connectivity index (χ0v) is 13.5. The smallest absolute Gasteiger partial charge is 0.262 e. The Morgan fingerprint density at radius 1 is 0.611 bits per heavy atom. The lowest BCUT2D eigenvalue weighted by Crippen LogP contribution is -2.55. The van der Waals surface area contributed by atoms with Gasteiger partial charge in [0, 0.05) is 0 Å². The van der Waals surface area contributed by atoms with Crippen LogP contribution in [0.25, 0.3) is 0 Å². The molecule has 0 heterocycles. The standard InChI is InChI=1S/C5Cl8F4O/c6-1(14,2(7,8)9)5(16,17)18-4(13,15)3(10,11)12. The molecule has 0 aliphatic rings. The van der Waals surface area contributed by atoms with Crippen LogP contribution >= 0.6 is 92.8 Å². The van der Waals surface area contributed by atoms with E-state index in [4.69, 9.17) is 81.2 Å². The van der Waals surface area contributed by atoms with Crippen LogP contribution < -0.4 is 0 Å². The molecule has 1 nitrogen and oxygen atoms in total. The molecular weight excluding hydrogens is 436 g/mol. The number of hydrogen-bond donors (Lipinski definition) is 0. The lowest BCUT2D eigenvalue weighted by Gasteiger charge is -2.36. The fourth-order valence-corrected chi connectivity index (χ4v) is 1.03. The lowest BCUT2D eigenvalue weighted by molar-refractivity contribution is -0.337. The fraction of sp³-hybridized carbons (Fsp3) is 1.00. The number of hydrogen-bond acceptors (Lipinski definition) is 1. The summed E-state index contributed by atoms with van der Waals surface area (Å²) in [6.45, 7) is 0. The molecule has 0 rings (SSSR count). The van der Waals surface area contributed by atoms with Crippen molar-refractivity contribution in [1.82, 2.24) is 0 Å². The average molecular weight is 436 g/mol. The molecule has 0 aromatic rings. The van der Waals surface area contributed by atoms with E-state index in [-0.39, 0.29) is 0 Å². The molecule has 0 aromatic heterocycles. The molecule has 0 saturated carbocycles. The Kier molecular flexibility index (Phi) is 6.28. The highest BCUT2D eigenvalue weighted by molar-refractivity contribution is 6.71. The highest BCUT2D eigenvalue weighted by atomic mass is 35.6. The van der Waals surface area contributed by atoms with Gasteiger partial charge in [-0.2, -0.15) is 13.2 Å². The maximum Gasteiger partial charge on any atom is 0.411 e. The van der Waals surface area contributed by atoms with Crippen molar-refractivity contribution < 1.29 is 22.3 Å². The van der Waals surface area contributed by atoms with Gasteiger partial charge < -0.3 is 0 Å². The Morgan fingerprint density at radius 2 is 0.944 bits per heavy atom. The number of halogens is 12. The molecule has 0 aromatic carbocycles. The van der Waals surface area contributed by atoms with Crippen LogP contribution in [0.2, 0.25) is 0 Å². The second kappa shape index (κ2) is 5.65. The Hall–Kier alpha value is 2.00. The van der Waals surface area contributed by atoms with Crippen LogP contribution in [0.1, 0.15) is 0 Å². The molecule has 0 N–H and O–H groups in total. The van der Waals surface area contributed by atoms with Crippen LogP contribution in [0.5, 0.6) is 0 Å². The summed E-state index contributed by atoms with van der Waals surface area (Å²) in [6.07, 6.45) is -5.24. The summed E-state index contributed by atoms with van der Waals surface area (Å²) in [4.78, 5) is 0. The Morgan fingerprint density at radius 3 is 1.17 bits per heavy atom. The topological polar surface area (TPSA) is 9.23 Å². The molecule has 0 saturated heterocycles. The minimum Gasteiger partial charge on any atom is -0.262 e. The highest BCUT2D eigenvalue weighted by Crippen LogP contribution is 2.56. The third-order valence-electron chi connectivity index (χ3n) is 1.31. The van der Waals surface area contributed by atoms with Crippen molar-refractivity contribution in [2.24, 2.45) is 0 Å². The number of alkyl halides is 12. The fourth-order valence-electron chi connectivity index (χ4n) is 0.448. The second-order valence-electron chi connectivity index (χ2n) is 2.71. The van der Waals surface area contributed by atoms with E-state index in [9.17, 15) is 17.6 Å². The van der Waals surface area contributed by atoms with Gasteiger partial charge in [-0.25, -0.2) is 4.39 Å². The third kappa shape index (κ3) is 4.25. The highest BCUT2D eigenvalue weighted by Gasteiger charge is 2.71. The zero-order chi connectivity index (χ0) is 15.2. The Bertz CT molecular complexity index is 308. The summed E-state index contributed by atoms with van der Waals surface area (Å²) in [6, 6.07) is 0. The molecule has 0 fully saturated rings. The summed E-state index contributed by atoms with van der Waals surface area (Å²) in [5.41, 5.74) is 0. The number of rotatable bonds is 3. The van der Waals surface area contributed by atoms with Gasteiger partial charge in [-0.3, -0.25) is 4.74 Å². The molecule has 13 heteroatoms. The SMILES string of the molecule is FC(F)(OC(F)(Cl)C(Cl)(Cl)Cl)C(F)(Cl)C(Cl)(Cl)Cl. The van der Waals surface area contributed by atoms with Gasteiger partial charge in [-0.15, -0.1) is 0 Å². The molecule has 0 radical (unpaired) electrons. The van der Waals surface area contributed by atoms with Crippen LogP contribution in [-0.2, 0) is 4.74 Å². The molecular formula is C5Cl8F4O. The van der Waals surface area contributed by atoms with Gasteiger partial charge in [0.15, 0.2) is 0 Å². The van der Waals surface area contributed by atoms with E-state index >= 15 is 0 Å². The van der Waals surface area contributed by atoms with Crippen molar-refractivity contribution in [2.75, 3.05) is 0 Å². The molecule has 0 bridgehead atoms. The number of ether oxygens (including phenoxy) is 1. The first-order valence-electron chi connectivity index (χ1n) is 3.43. The zero-order valence-electron chi connectivity index (χ0n) is 7.44. The molecule has 0 spiro atoms. The van der Waals surface area contributed by atoms with E-state index < -0.39 is 24.1 Å². The molecule has 0 aliphatic heterocycles. The van der Waals surface area contributed by atoms with Crippen LogP contribution in [-0.4, -0.2) is 24.1 Å². The van der Waals surface area contributed by atoms with Crippen molar-refractivity contribution in [1.29, 1.82) is 0 Å². The maximum atomic E-state index is 13.4. The predicted octanol–water partition coefficient (Wildman–Crippen LogP) is 6.10. The van der Waals surface area contributed by atoms with Gasteiger partial charge in [0.05, 0.1) is 0 Å². The Balaban J connectivity index is 5.33. The maximum absolute atomic E-state index is 13.4. The van der Waals surface area contributed by atoms with E-state index in [0.717, 1.165) is 0 Å².